The van der Waals surface area contributed by atoms with E-state index in [1.54, 1.807) is 23.4 Å². The lowest BCUT2D eigenvalue weighted by molar-refractivity contribution is 0.0697. The largest absolute Gasteiger partial charge is 0.336 e. The molecule has 152 valence electrons. The zero-order chi connectivity index (χ0) is 20.6. The molecule has 0 aliphatic carbocycles. The van der Waals surface area contributed by atoms with Gasteiger partial charge in [0.25, 0.3) is 5.91 Å². The SMILES string of the molecule is Cc1nn(C(C)C)c(C)c1S(=O)(=O)N1CCN(C(=O)c2ccc(F)cc2)CC1. The Hall–Kier alpha value is -2.26. The summed E-state index contributed by atoms with van der Waals surface area (Å²) in [5.74, 6) is -0.628. The monoisotopic (exact) mass is 408 g/mol. The lowest BCUT2D eigenvalue weighted by Crippen LogP contribution is -2.50. The van der Waals surface area contributed by atoms with Crippen LogP contribution in [0.25, 0.3) is 0 Å². The fourth-order valence-electron chi connectivity index (χ4n) is 3.56. The van der Waals surface area contributed by atoms with Gasteiger partial charge in [-0.25, -0.2) is 12.8 Å². The number of carbonyl (C=O) groups excluding carboxylic acids is 1. The summed E-state index contributed by atoms with van der Waals surface area (Å²) in [5, 5.41) is 4.38. The van der Waals surface area contributed by atoms with Crippen molar-refractivity contribution in [3.63, 3.8) is 0 Å². The number of aromatic nitrogens is 2. The van der Waals surface area contributed by atoms with Gasteiger partial charge in [-0.15, -0.1) is 0 Å². The summed E-state index contributed by atoms with van der Waals surface area (Å²) in [6.07, 6.45) is 0. The second-order valence-electron chi connectivity index (χ2n) is 7.24. The number of sulfonamides is 1. The molecule has 1 aromatic carbocycles. The van der Waals surface area contributed by atoms with Crippen molar-refractivity contribution >= 4 is 15.9 Å². The summed E-state index contributed by atoms with van der Waals surface area (Å²) in [5.41, 5.74) is 1.50. The van der Waals surface area contributed by atoms with Crippen molar-refractivity contribution < 1.29 is 17.6 Å². The lowest BCUT2D eigenvalue weighted by atomic mass is 10.2. The van der Waals surface area contributed by atoms with Crippen LogP contribution in [0.4, 0.5) is 4.39 Å². The van der Waals surface area contributed by atoms with Crippen LogP contribution in [-0.4, -0.2) is 59.5 Å². The van der Waals surface area contributed by atoms with Crippen LogP contribution >= 0.6 is 0 Å². The van der Waals surface area contributed by atoms with Crippen LogP contribution in [0, 0.1) is 19.7 Å². The number of hydrogen-bond donors (Lipinski definition) is 0. The highest BCUT2D eigenvalue weighted by molar-refractivity contribution is 7.89. The number of amides is 1. The van der Waals surface area contributed by atoms with E-state index in [2.05, 4.69) is 5.10 Å². The second-order valence-corrected chi connectivity index (χ2v) is 9.12. The molecule has 0 N–H and O–H groups in total. The number of halogens is 1. The minimum atomic E-state index is -3.69. The molecule has 1 aliphatic rings. The van der Waals surface area contributed by atoms with E-state index >= 15 is 0 Å². The molecule has 1 aliphatic heterocycles. The van der Waals surface area contributed by atoms with Gasteiger partial charge in [-0.05, 0) is 52.0 Å². The van der Waals surface area contributed by atoms with Crippen LogP contribution in [0.15, 0.2) is 29.2 Å². The summed E-state index contributed by atoms with van der Waals surface area (Å²) in [6.45, 7) is 8.36. The van der Waals surface area contributed by atoms with Crippen molar-refractivity contribution in [2.75, 3.05) is 26.2 Å². The maximum atomic E-state index is 13.2. The van der Waals surface area contributed by atoms with Gasteiger partial charge in [0.05, 0.1) is 11.4 Å². The topological polar surface area (TPSA) is 75.5 Å². The summed E-state index contributed by atoms with van der Waals surface area (Å²) >= 11 is 0. The predicted molar refractivity (Wildman–Crippen MR) is 103 cm³/mol. The Kier molecular flexibility index (Phi) is 5.58. The molecule has 0 unspecified atom stereocenters. The maximum absolute atomic E-state index is 13.2. The Morgan fingerprint density at radius 2 is 1.64 bits per heavy atom. The zero-order valence-corrected chi connectivity index (χ0v) is 17.3. The van der Waals surface area contributed by atoms with Crippen molar-refractivity contribution in [2.24, 2.45) is 0 Å². The average molecular weight is 408 g/mol. The third-order valence-electron chi connectivity index (χ3n) is 4.96. The molecule has 2 aromatic rings. The summed E-state index contributed by atoms with van der Waals surface area (Å²) in [7, 11) is -3.69. The van der Waals surface area contributed by atoms with Crippen LogP contribution in [0.2, 0.25) is 0 Å². The second kappa shape index (κ2) is 7.63. The Labute approximate surface area is 164 Å². The standard InChI is InChI=1S/C19H25FN4O3S/c1-13(2)24-15(4)18(14(3)21-24)28(26,27)23-11-9-22(10-12-23)19(25)16-5-7-17(20)8-6-16/h5-8,13H,9-12H2,1-4H3. The van der Waals surface area contributed by atoms with Crippen molar-refractivity contribution in [3.8, 4) is 0 Å². The maximum Gasteiger partial charge on any atom is 0.253 e. The molecule has 2 heterocycles. The summed E-state index contributed by atoms with van der Waals surface area (Å²) in [6, 6.07) is 5.42. The third kappa shape index (κ3) is 3.68. The fourth-order valence-corrected chi connectivity index (χ4v) is 5.34. The van der Waals surface area contributed by atoms with E-state index in [9.17, 15) is 17.6 Å². The number of aryl methyl sites for hydroxylation is 1. The lowest BCUT2D eigenvalue weighted by Gasteiger charge is -2.34. The van der Waals surface area contributed by atoms with E-state index in [1.807, 2.05) is 13.8 Å². The molecule has 1 amide bonds. The quantitative estimate of drug-likeness (QED) is 0.778. The van der Waals surface area contributed by atoms with Crippen molar-refractivity contribution in [1.29, 1.82) is 0 Å². The highest BCUT2D eigenvalue weighted by Crippen LogP contribution is 2.26. The van der Waals surface area contributed by atoms with Gasteiger partial charge in [0, 0.05) is 37.8 Å². The highest BCUT2D eigenvalue weighted by atomic mass is 32.2. The molecule has 7 nitrogen and oxygen atoms in total. The van der Waals surface area contributed by atoms with Gasteiger partial charge in [0.2, 0.25) is 10.0 Å². The molecule has 28 heavy (non-hydrogen) atoms. The molecule has 9 heteroatoms. The molecule has 0 radical (unpaired) electrons. The van der Waals surface area contributed by atoms with Gasteiger partial charge >= 0.3 is 0 Å². The summed E-state index contributed by atoms with van der Waals surface area (Å²) < 4.78 is 42.5. The van der Waals surface area contributed by atoms with E-state index in [1.165, 1.54) is 28.6 Å². The smallest absolute Gasteiger partial charge is 0.253 e. The van der Waals surface area contributed by atoms with E-state index in [0.29, 0.717) is 17.0 Å². The fraction of sp³-hybridized carbons (Fsp3) is 0.474. The number of carbonyl (C=O) groups is 1. The minimum Gasteiger partial charge on any atom is -0.336 e. The molecule has 0 bridgehead atoms. The Bertz CT molecular complexity index is 975. The molecule has 1 aromatic heterocycles. The third-order valence-corrected chi connectivity index (χ3v) is 7.11. The first-order chi connectivity index (χ1) is 13.1. The Balaban J connectivity index is 1.76. The number of nitrogens with zero attached hydrogens (tertiary/aromatic N) is 4. The van der Waals surface area contributed by atoms with Crippen LogP contribution in [0.5, 0.6) is 0 Å². The Morgan fingerprint density at radius 1 is 1.07 bits per heavy atom. The van der Waals surface area contributed by atoms with E-state index in [-0.39, 0.29) is 43.0 Å². The van der Waals surface area contributed by atoms with Crippen molar-refractivity contribution in [3.05, 3.63) is 47.0 Å². The number of benzene rings is 1. The van der Waals surface area contributed by atoms with Crippen LogP contribution < -0.4 is 0 Å². The molecular weight excluding hydrogens is 383 g/mol. The van der Waals surface area contributed by atoms with Gasteiger partial charge in [-0.1, -0.05) is 0 Å². The van der Waals surface area contributed by atoms with Gasteiger partial charge in [0.1, 0.15) is 10.7 Å². The first-order valence-electron chi connectivity index (χ1n) is 9.23. The molecule has 0 atom stereocenters. The first-order valence-corrected chi connectivity index (χ1v) is 10.7. The normalized spacial score (nSPS) is 16.0. The molecular formula is C19H25FN4O3S. The van der Waals surface area contributed by atoms with E-state index in [0.717, 1.165) is 0 Å². The van der Waals surface area contributed by atoms with Crippen LogP contribution in [0.1, 0.15) is 41.6 Å². The van der Waals surface area contributed by atoms with Gasteiger partial charge in [-0.2, -0.15) is 9.40 Å². The summed E-state index contributed by atoms with van der Waals surface area (Å²) in [4.78, 5) is 14.4. The van der Waals surface area contributed by atoms with Crippen molar-refractivity contribution in [1.82, 2.24) is 19.0 Å². The van der Waals surface area contributed by atoms with Gasteiger partial charge in [-0.3, -0.25) is 9.48 Å². The molecule has 0 saturated carbocycles. The van der Waals surface area contributed by atoms with Gasteiger partial charge < -0.3 is 4.90 Å². The Morgan fingerprint density at radius 3 is 2.14 bits per heavy atom. The number of piperazine rings is 1. The number of hydrogen-bond acceptors (Lipinski definition) is 4. The first kappa shape index (κ1) is 20.5. The predicted octanol–water partition coefficient (Wildman–Crippen LogP) is 2.37. The van der Waals surface area contributed by atoms with Gasteiger partial charge in [0.15, 0.2) is 0 Å². The average Bonchev–Trinajstić information content (AvgIpc) is 2.97. The van der Waals surface area contributed by atoms with E-state index in [4.69, 9.17) is 0 Å². The minimum absolute atomic E-state index is 0.0628. The molecule has 3 rings (SSSR count). The van der Waals surface area contributed by atoms with Crippen LogP contribution in [0.3, 0.4) is 0 Å². The molecule has 1 fully saturated rings. The molecule has 0 spiro atoms. The zero-order valence-electron chi connectivity index (χ0n) is 16.5. The number of rotatable bonds is 4. The van der Waals surface area contributed by atoms with Crippen molar-refractivity contribution in [2.45, 2.75) is 38.6 Å². The van der Waals surface area contributed by atoms with E-state index < -0.39 is 15.8 Å². The highest BCUT2D eigenvalue weighted by Gasteiger charge is 2.34. The van der Waals surface area contributed by atoms with Crippen LogP contribution in [-0.2, 0) is 10.0 Å². The molecule has 1 saturated heterocycles.